The molecule has 6 heteroatoms. The molecule has 2 aromatic carbocycles. The number of benzene rings is 2. The highest BCUT2D eigenvalue weighted by molar-refractivity contribution is 8.03. The quantitative estimate of drug-likeness (QED) is 0.679. The second-order valence-electron chi connectivity index (χ2n) is 3.77. The van der Waals surface area contributed by atoms with Gasteiger partial charge in [-0.15, -0.1) is 0 Å². The van der Waals surface area contributed by atoms with Crippen molar-refractivity contribution in [3.05, 3.63) is 58.9 Å². The van der Waals surface area contributed by atoms with Crippen molar-refractivity contribution in [1.82, 2.24) is 0 Å². The predicted molar refractivity (Wildman–Crippen MR) is 77.3 cm³/mol. The van der Waals surface area contributed by atoms with Gasteiger partial charge in [0, 0.05) is 10.6 Å². The van der Waals surface area contributed by atoms with Gasteiger partial charge in [0.25, 0.3) is 5.91 Å². The smallest absolute Gasteiger partial charge is 0.260 e. The van der Waals surface area contributed by atoms with Gasteiger partial charge >= 0.3 is 0 Å². The Balaban J connectivity index is 2.18. The Morgan fingerprint density at radius 3 is 2.55 bits per heavy atom. The summed E-state index contributed by atoms with van der Waals surface area (Å²) in [4.78, 5) is 12.7. The molecular weight excluding hydrogens is 299 g/mol. The topological polar surface area (TPSA) is 52.9 Å². The number of thioether (sulfide) groups is 1. The molecule has 0 heterocycles. The van der Waals surface area contributed by atoms with Crippen molar-refractivity contribution < 1.29 is 9.18 Å². The fourth-order valence-corrected chi connectivity index (χ4v) is 2.19. The number of thiocyanates is 1. The summed E-state index contributed by atoms with van der Waals surface area (Å²) < 4.78 is 13.6. The van der Waals surface area contributed by atoms with Crippen LogP contribution in [0.5, 0.6) is 0 Å². The van der Waals surface area contributed by atoms with Gasteiger partial charge in [0.1, 0.15) is 11.2 Å². The van der Waals surface area contributed by atoms with Crippen LogP contribution in [0.3, 0.4) is 0 Å². The summed E-state index contributed by atoms with van der Waals surface area (Å²) in [6, 6.07) is 10.7. The first kappa shape index (κ1) is 14.4. The van der Waals surface area contributed by atoms with Gasteiger partial charge in [-0.25, -0.2) is 4.39 Å². The van der Waals surface area contributed by atoms with E-state index in [1.807, 2.05) is 5.40 Å². The van der Waals surface area contributed by atoms with E-state index in [2.05, 4.69) is 5.32 Å². The van der Waals surface area contributed by atoms with Gasteiger partial charge in [0.15, 0.2) is 0 Å². The number of nitriles is 1. The molecule has 0 fully saturated rings. The Hall–Kier alpha value is -2.03. The SMILES string of the molecule is N#CSc1ccc(NC(=O)c2c(F)cccc2Cl)cc1. The van der Waals surface area contributed by atoms with Crippen LogP contribution in [0.25, 0.3) is 0 Å². The Kier molecular flexibility index (Phi) is 4.61. The molecule has 0 saturated heterocycles. The van der Waals surface area contributed by atoms with Gasteiger partial charge in [-0.2, -0.15) is 5.26 Å². The zero-order valence-corrected chi connectivity index (χ0v) is 11.6. The van der Waals surface area contributed by atoms with Crippen LogP contribution in [0.4, 0.5) is 10.1 Å². The molecule has 0 bridgehead atoms. The van der Waals surface area contributed by atoms with E-state index in [1.165, 1.54) is 18.2 Å². The van der Waals surface area contributed by atoms with E-state index >= 15 is 0 Å². The van der Waals surface area contributed by atoms with Crippen molar-refractivity contribution in [2.45, 2.75) is 4.90 Å². The summed E-state index contributed by atoms with van der Waals surface area (Å²) in [7, 11) is 0. The zero-order valence-electron chi connectivity index (χ0n) is 10.1. The fraction of sp³-hybridized carbons (Fsp3) is 0. The minimum atomic E-state index is -0.674. The predicted octanol–water partition coefficient (Wildman–Crippen LogP) is 4.30. The molecule has 2 aromatic rings. The first-order valence-electron chi connectivity index (χ1n) is 5.53. The van der Waals surface area contributed by atoms with Crippen LogP contribution in [-0.2, 0) is 0 Å². The summed E-state index contributed by atoms with van der Waals surface area (Å²) in [6.07, 6.45) is 0. The second-order valence-corrected chi connectivity index (χ2v) is 5.03. The lowest BCUT2D eigenvalue weighted by molar-refractivity contribution is 0.102. The number of hydrogen-bond donors (Lipinski definition) is 1. The summed E-state index contributed by atoms with van der Waals surface area (Å²) in [6.45, 7) is 0. The van der Waals surface area contributed by atoms with E-state index in [4.69, 9.17) is 16.9 Å². The average Bonchev–Trinajstić information content (AvgIpc) is 2.41. The molecule has 0 aliphatic heterocycles. The van der Waals surface area contributed by atoms with Gasteiger partial charge in [0.05, 0.1) is 10.6 Å². The minimum Gasteiger partial charge on any atom is -0.322 e. The number of carbonyl (C=O) groups excluding carboxylic acids is 1. The Morgan fingerprint density at radius 1 is 1.25 bits per heavy atom. The molecule has 0 aliphatic carbocycles. The molecular formula is C14H8ClFN2OS. The van der Waals surface area contributed by atoms with Crippen molar-refractivity contribution >= 4 is 35.0 Å². The number of anilines is 1. The zero-order chi connectivity index (χ0) is 14.5. The van der Waals surface area contributed by atoms with Crippen LogP contribution in [0, 0.1) is 16.5 Å². The lowest BCUT2D eigenvalue weighted by atomic mass is 10.2. The third kappa shape index (κ3) is 3.29. The summed E-state index contributed by atoms with van der Waals surface area (Å²) in [5.41, 5.74) is 0.307. The van der Waals surface area contributed by atoms with Gasteiger partial charge < -0.3 is 5.32 Å². The number of nitrogens with one attached hydrogen (secondary N) is 1. The van der Waals surface area contributed by atoms with Crippen LogP contribution in [0.2, 0.25) is 5.02 Å². The van der Waals surface area contributed by atoms with Crippen LogP contribution < -0.4 is 5.32 Å². The molecule has 20 heavy (non-hydrogen) atoms. The molecule has 1 amide bonds. The van der Waals surface area contributed by atoms with Crippen LogP contribution in [0.15, 0.2) is 47.4 Å². The van der Waals surface area contributed by atoms with Crippen LogP contribution in [-0.4, -0.2) is 5.91 Å². The van der Waals surface area contributed by atoms with Crippen molar-refractivity contribution in [3.63, 3.8) is 0 Å². The molecule has 0 unspecified atom stereocenters. The summed E-state index contributed by atoms with van der Waals surface area (Å²) in [5.74, 6) is -1.29. The van der Waals surface area contributed by atoms with Crippen molar-refractivity contribution in [2.24, 2.45) is 0 Å². The number of hydrogen-bond acceptors (Lipinski definition) is 3. The maximum atomic E-state index is 13.6. The molecule has 0 saturated carbocycles. The lowest BCUT2D eigenvalue weighted by Crippen LogP contribution is -2.14. The molecule has 0 radical (unpaired) electrons. The summed E-state index contributed by atoms with van der Waals surface area (Å²) in [5, 5.41) is 13.1. The van der Waals surface area contributed by atoms with E-state index in [9.17, 15) is 9.18 Å². The number of rotatable bonds is 3. The highest BCUT2D eigenvalue weighted by atomic mass is 35.5. The molecule has 100 valence electrons. The summed E-state index contributed by atoms with van der Waals surface area (Å²) >= 11 is 6.83. The standard InChI is InChI=1S/C14H8ClFN2OS/c15-11-2-1-3-12(16)13(11)14(19)18-9-4-6-10(7-5-9)20-8-17/h1-7H,(H,18,19). The van der Waals surface area contributed by atoms with Crippen molar-refractivity contribution in [3.8, 4) is 5.40 Å². The van der Waals surface area contributed by atoms with Crippen LogP contribution >= 0.6 is 23.4 Å². The number of halogens is 2. The molecule has 0 spiro atoms. The molecule has 1 N–H and O–H groups in total. The second kappa shape index (κ2) is 6.42. The first-order chi connectivity index (χ1) is 9.61. The Morgan fingerprint density at radius 2 is 1.95 bits per heavy atom. The van der Waals surface area contributed by atoms with E-state index in [-0.39, 0.29) is 10.6 Å². The largest absolute Gasteiger partial charge is 0.322 e. The van der Waals surface area contributed by atoms with Crippen LogP contribution in [0.1, 0.15) is 10.4 Å². The third-order valence-electron chi connectivity index (χ3n) is 2.47. The van der Waals surface area contributed by atoms with Gasteiger partial charge in [-0.3, -0.25) is 4.79 Å². The maximum Gasteiger partial charge on any atom is 0.260 e. The lowest BCUT2D eigenvalue weighted by Gasteiger charge is -2.07. The minimum absolute atomic E-state index is 0.0548. The van der Waals surface area contributed by atoms with Crippen molar-refractivity contribution in [1.29, 1.82) is 5.26 Å². The fourth-order valence-electron chi connectivity index (χ4n) is 1.57. The number of carbonyl (C=O) groups is 1. The number of nitrogens with zero attached hydrogens (tertiary/aromatic N) is 1. The van der Waals surface area contributed by atoms with Gasteiger partial charge in [-0.1, -0.05) is 17.7 Å². The third-order valence-corrected chi connectivity index (χ3v) is 3.38. The monoisotopic (exact) mass is 306 g/mol. The highest BCUT2D eigenvalue weighted by Crippen LogP contribution is 2.22. The first-order valence-corrected chi connectivity index (χ1v) is 6.72. The number of amides is 1. The molecule has 3 nitrogen and oxygen atoms in total. The van der Waals surface area contributed by atoms with E-state index in [1.54, 1.807) is 24.3 Å². The maximum absolute atomic E-state index is 13.6. The molecule has 0 aliphatic rings. The van der Waals surface area contributed by atoms with Gasteiger partial charge in [0.2, 0.25) is 0 Å². The molecule has 0 aromatic heterocycles. The highest BCUT2D eigenvalue weighted by Gasteiger charge is 2.15. The normalized spacial score (nSPS) is 9.85. The van der Waals surface area contributed by atoms with Crippen molar-refractivity contribution in [2.75, 3.05) is 5.32 Å². The Labute approximate surface area is 124 Å². The van der Waals surface area contributed by atoms with E-state index in [0.29, 0.717) is 5.69 Å². The molecule has 2 rings (SSSR count). The van der Waals surface area contributed by atoms with E-state index < -0.39 is 11.7 Å². The van der Waals surface area contributed by atoms with E-state index in [0.717, 1.165) is 16.7 Å². The van der Waals surface area contributed by atoms with Gasteiger partial charge in [-0.05, 0) is 48.2 Å². The average molecular weight is 307 g/mol. The molecule has 0 atom stereocenters. The Bertz CT molecular complexity index is 662.